The van der Waals surface area contributed by atoms with Crippen LogP contribution in [0.4, 0.5) is 0 Å². The van der Waals surface area contributed by atoms with E-state index in [2.05, 4.69) is 11.8 Å². The lowest BCUT2D eigenvalue weighted by Crippen LogP contribution is -2.36. The van der Waals surface area contributed by atoms with E-state index in [0.717, 1.165) is 12.5 Å². The van der Waals surface area contributed by atoms with E-state index in [9.17, 15) is 4.79 Å². The van der Waals surface area contributed by atoms with Crippen LogP contribution in [0.2, 0.25) is 0 Å². The van der Waals surface area contributed by atoms with Gasteiger partial charge < -0.3 is 10.6 Å². The number of nitrogens with two attached hydrogens (primary N) is 1. The van der Waals surface area contributed by atoms with Crippen molar-refractivity contribution >= 4 is 5.91 Å². The maximum Gasteiger partial charge on any atom is 0.223 e. The first-order chi connectivity index (χ1) is 7.20. The Morgan fingerprint density at radius 1 is 1.40 bits per heavy atom. The average Bonchev–Trinajstić information content (AvgIpc) is 3.04. The van der Waals surface area contributed by atoms with Gasteiger partial charge in [0, 0.05) is 19.0 Å². The molecule has 1 amide bonds. The number of rotatable bonds is 6. The fourth-order valence-corrected chi connectivity index (χ4v) is 1.92. The van der Waals surface area contributed by atoms with E-state index in [1.165, 1.54) is 25.7 Å². The van der Waals surface area contributed by atoms with Crippen LogP contribution in [0.3, 0.4) is 0 Å². The quantitative estimate of drug-likeness (QED) is 0.719. The predicted molar refractivity (Wildman–Crippen MR) is 60.3 cm³/mol. The maximum absolute atomic E-state index is 12.0. The molecule has 0 aliphatic heterocycles. The zero-order valence-electron chi connectivity index (χ0n) is 9.61. The molecule has 2 rings (SSSR count). The third-order valence-electron chi connectivity index (χ3n) is 3.39. The van der Waals surface area contributed by atoms with E-state index in [1.807, 2.05) is 0 Å². The Balaban J connectivity index is 1.82. The summed E-state index contributed by atoms with van der Waals surface area (Å²) in [6.07, 6.45) is 5.72. The summed E-state index contributed by atoms with van der Waals surface area (Å²) in [5, 5.41) is 0. The number of amides is 1. The predicted octanol–water partition coefficient (Wildman–Crippen LogP) is 1.37. The number of carbonyl (C=O) groups excluding carboxylic acids is 1. The first-order valence-electron chi connectivity index (χ1n) is 6.20. The smallest absolute Gasteiger partial charge is 0.223 e. The topological polar surface area (TPSA) is 46.3 Å². The van der Waals surface area contributed by atoms with Crippen molar-refractivity contribution in [3.8, 4) is 0 Å². The van der Waals surface area contributed by atoms with Gasteiger partial charge in [0.1, 0.15) is 0 Å². The molecule has 3 nitrogen and oxygen atoms in total. The minimum atomic E-state index is 0.331. The Morgan fingerprint density at radius 2 is 2.07 bits per heavy atom. The monoisotopic (exact) mass is 210 g/mol. The van der Waals surface area contributed by atoms with Gasteiger partial charge in [-0.3, -0.25) is 4.79 Å². The molecule has 0 bridgehead atoms. The summed E-state index contributed by atoms with van der Waals surface area (Å²) in [7, 11) is 0. The lowest BCUT2D eigenvalue weighted by Gasteiger charge is -2.23. The molecule has 2 fully saturated rings. The van der Waals surface area contributed by atoms with Gasteiger partial charge in [-0.1, -0.05) is 6.92 Å². The summed E-state index contributed by atoms with van der Waals surface area (Å²) in [5.41, 5.74) is 5.56. The molecule has 0 radical (unpaired) electrons. The van der Waals surface area contributed by atoms with Crippen LogP contribution in [-0.2, 0) is 4.79 Å². The van der Waals surface area contributed by atoms with Gasteiger partial charge in [-0.25, -0.2) is 0 Å². The summed E-state index contributed by atoms with van der Waals surface area (Å²) in [4.78, 5) is 14.2. The van der Waals surface area contributed by atoms with Gasteiger partial charge in [-0.15, -0.1) is 0 Å². The Morgan fingerprint density at radius 3 is 2.53 bits per heavy atom. The molecule has 2 aliphatic rings. The molecule has 2 saturated carbocycles. The number of nitrogens with zero attached hydrogens (tertiary/aromatic N) is 1. The van der Waals surface area contributed by atoms with Crippen LogP contribution in [0.15, 0.2) is 0 Å². The summed E-state index contributed by atoms with van der Waals surface area (Å²) >= 11 is 0. The summed E-state index contributed by atoms with van der Waals surface area (Å²) in [5.74, 6) is 1.48. The van der Waals surface area contributed by atoms with Crippen LogP contribution >= 0.6 is 0 Å². The van der Waals surface area contributed by atoms with Crippen molar-refractivity contribution < 1.29 is 4.79 Å². The van der Waals surface area contributed by atoms with Gasteiger partial charge >= 0.3 is 0 Å². The van der Waals surface area contributed by atoms with Gasteiger partial charge in [0.25, 0.3) is 0 Å². The van der Waals surface area contributed by atoms with Crippen LogP contribution < -0.4 is 5.73 Å². The van der Waals surface area contributed by atoms with Crippen LogP contribution in [0.25, 0.3) is 0 Å². The number of carbonyl (C=O) groups is 1. The van der Waals surface area contributed by atoms with Crippen molar-refractivity contribution in [2.75, 3.05) is 13.1 Å². The molecule has 2 aliphatic carbocycles. The molecule has 0 spiro atoms. The van der Waals surface area contributed by atoms with Crippen molar-refractivity contribution in [1.82, 2.24) is 4.90 Å². The van der Waals surface area contributed by atoms with E-state index in [1.54, 1.807) is 0 Å². The molecule has 3 heteroatoms. The molecule has 1 atom stereocenters. The third-order valence-corrected chi connectivity index (χ3v) is 3.39. The Bertz CT molecular complexity index is 234. The second-order valence-corrected chi connectivity index (χ2v) is 5.27. The van der Waals surface area contributed by atoms with Gasteiger partial charge in [-0.05, 0) is 44.1 Å². The minimum Gasteiger partial charge on any atom is -0.339 e. The summed E-state index contributed by atoms with van der Waals surface area (Å²) in [6, 6.07) is 0.572. The molecule has 1 unspecified atom stereocenters. The van der Waals surface area contributed by atoms with Crippen molar-refractivity contribution in [2.24, 2.45) is 17.6 Å². The lowest BCUT2D eigenvalue weighted by atomic mass is 10.1. The molecule has 15 heavy (non-hydrogen) atoms. The van der Waals surface area contributed by atoms with E-state index >= 15 is 0 Å². The van der Waals surface area contributed by atoms with Gasteiger partial charge in [0.15, 0.2) is 0 Å². The molecular formula is C12H22N2O. The van der Waals surface area contributed by atoms with Gasteiger partial charge in [0.2, 0.25) is 5.91 Å². The minimum absolute atomic E-state index is 0.331. The molecule has 0 aromatic rings. The second kappa shape index (κ2) is 4.52. The largest absolute Gasteiger partial charge is 0.339 e. The Kier molecular flexibility index (Phi) is 3.29. The number of hydrogen-bond donors (Lipinski definition) is 1. The standard InChI is InChI=1S/C12H22N2O/c1-9(7-13)6-12(15)14(11-4-5-11)8-10-2-3-10/h9-11H,2-8,13H2,1H3. The van der Waals surface area contributed by atoms with E-state index in [4.69, 9.17) is 5.73 Å². The van der Waals surface area contributed by atoms with Crippen molar-refractivity contribution in [1.29, 1.82) is 0 Å². The highest BCUT2D eigenvalue weighted by Crippen LogP contribution is 2.35. The van der Waals surface area contributed by atoms with Crippen LogP contribution in [0.5, 0.6) is 0 Å². The molecule has 86 valence electrons. The zero-order valence-corrected chi connectivity index (χ0v) is 9.61. The van der Waals surface area contributed by atoms with E-state index < -0.39 is 0 Å². The fraction of sp³-hybridized carbons (Fsp3) is 0.917. The second-order valence-electron chi connectivity index (χ2n) is 5.27. The fourth-order valence-electron chi connectivity index (χ4n) is 1.92. The third kappa shape index (κ3) is 3.20. The Hall–Kier alpha value is -0.570. The molecule has 0 aromatic carbocycles. The molecule has 0 saturated heterocycles. The molecule has 0 heterocycles. The maximum atomic E-state index is 12.0. The summed E-state index contributed by atoms with van der Waals surface area (Å²) in [6.45, 7) is 3.69. The summed E-state index contributed by atoms with van der Waals surface area (Å²) < 4.78 is 0. The normalized spacial score (nSPS) is 22.5. The molecule has 2 N–H and O–H groups in total. The lowest BCUT2D eigenvalue weighted by molar-refractivity contribution is -0.132. The molecular weight excluding hydrogens is 188 g/mol. The van der Waals surface area contributed by atoms with Crippen LogP contribution in [0.1, 0.15) is 39.0 Å². The first kappa shape index (κ1) is 10.9. The SMILES string of the molecule is CC(CN)CC(=O)N(CC1CC1)C1CC1. The zero-order chi connectivity index (χ0) is 10.8. The van der Waals surface area contributed by atoms with Gasteiger partial charge in [-0.2, -0.15) is 0 Å². The Labute approximate surface area is 92.0 Å². The van der Waals surface area contributed by atoms with Gasteiger partial charge in [0.05, 0.1) is 0 Å². The van der Waals surface area contributed by atoms with Crippen molar-refractivity contribution in [2.45, 2.75) is 45.1 Å². The van der Waals surface area contributed by atoms with E-state index in [-0.39, 0.29) is 0 Å². The highest BCUT2D eigenvalue weighted by atomic mass is 16.2. The van der Waals surface area contributed by atoms with Crippen molar-refractivity contribution in [3.63, 3.8) is 0 Å². The molecule has 0 aromatic heterocycles. The van der Waals surface area contributed by atoms with Crippen LogP contribution in [-0.4, -0.2) is 29.9 Å². The van der Waals surface area contributed by atoms with Crippen LogP contribution in [0, 0.1) is 11.8 Å². The average molecular weight is 210 g/mol. The van der Waals surface area contributed by atoms with Crippen molar-refractivity contribution in [3.05, 3.63) is 0 Å². The number of hydrogen-bond acceptors (Lipinski definition) is 2. The first-order valence-corrected chi connectivity index (χ1v) is 6.20. The highest BCUT2D eigenvalue weighted by Gasteiger charge is 2.36. The highest BCUT2D eigenvalue weighted by molar-refractivity contribution is 5.77. The van der Waals surface area contributed by atoms with E-state index in [0.29, 0.717) is 30.8 Å².